The zero-order chi connectivity index (χ0) is 13.4. The summed E-state index contributed by atoms with van der Waals surface area (Å²) in [5.74, 6) is 1.12. The first-order valence-corrected chi connectivity index (χ1v) is 7.24. The Morgan fingerprint density at radius 1 is 1.44 bits per heavy atom. The van der Waals surface area contributed by atoms with Crippen LogP contribution < -0.4 is 5.73 Å². The average Bonchev–Trinajstić information content (AvgIpc) is 2.33. The topological polar surface area (TPSA) is 59.1 Å². The number of nitrogens with one attached hydrogen (secondary N) is 1. The summed E-state index contributed by atoms with van der Waals surface area (Å²) in [5, 5.41) is 7.36. The molecule has 3 unspecified atom stereocenters. The Kier molecular flexibility index (Phi) is 7.21. The molecule has 3 atom stereocenters. The minimum Gasteiger partial charge on any atom is -0.381 e. The van der Waals surface area contributed by atoms with Crippen molar-refractivity contribution in [3.63, 3.8) is 0 Å². The molecule has 0 aromatic rings. The Morgan fingerprint density at radius 2 is 2.22 bits per heavy atom. The number of hydrogen-bond donors (Lipinski definition) is 2. The van der Waals surface area contributed by atoms with E-state index in [0.717, 1.165) is 45.3 Å². The largest absolute Gasteiger partial charge is 0.381 e. The molecule has 1 rings (SSSR count). The molecule has 0 aliphatic carbocycles. The minimum absolute atomic E-state index is 0.115. The third-order valence-electron chi connectivity index (χ3n) is 3.94. The van der Waals surface area contributed by atoms with Crippen molar-refractivity contribution in [2.24, 2.45) is 17.6 Å². The lowest BCUT2D eigenvalue weighted by Gasteiger charge is -2.31. The molecule has 3 heteroatoms. The van der Waals surface area contributed by atoms with E-state index < -0.39 is 0 Å². The van der Waals surface area contributed by atoms with Gasteiger partial charge in [0.2, 0.25) is 0 Å². The molecule has 1 aliphatic rings. The van der Waals surface area contributed by atoms with Crippen molar-refractivity contribution in [3.05, 3.63) is 11.6 Å². The Bertz CT molecular complexity index is 276. The maximum atomic E-state index is 7.36. The van der Waals surface area contributed by atoms with Crippen LogP contribution in [0.15, 0.2) is 11.6 Å². The van der Waals surface area contributed by atoms with Gasteiger partial charge in [-0.2, -0.15) is 0 Å². The summed E-state index contributed by atoms with van der Waals surface area (Å²) in [4.78, 5) is 0. The van der Waals surface area contributed by atoms with Gasteiger partial charge in [0.25, 0.3) is 0 Å². The summed E-state index contributed by atoms with van der Waals surface area (Å²) in [6.45, 7) is 6.18. The molecule has 0 aromatic carbocycles. The van der Waals surface area contributed by atoms with Crippen molar-refractivity contribution in [3.8, 4) is 0 Å². The average molecular weight is 252 g/mol. The van der Waals surface area contributed by atoms with Gasteiger partial charge in [-0.1, -0.05) is 20.3 Å². The van der Waals surface area contributed by atoms with Crippen LogP contribution in [-0.2, 0) is 4.74 Å². The molecule has 0 amide bonds. The highest BCUT2D eigenvalue weighted by atomic mass is 16.5. The second kappa shape index (κ2) is 8.44. The van der Waals surface area contributed by atoms with E-state index in [2.05, 4.69) is 13.8 Å². The summed E-state index contributed by atoms with van der Waals surface area (Å²) in [7, 11) is 0. The molecule has 3 N–H and O–H groups in total. The Hall–Kier alpha value is -0.670. The molecule has 3 nitrogen and oxygen atoms in total. The quantitative estimate of drug-likeness (QED) is 0.738. The lowest BCUT2D eigenvalue weighted by Crippen LogP contribution is -2.31. The van der Waals surface area contributed by atoms with Crippen molar-refractivity contribution in [1.29, 1.82) is 5.41 Å². The highest BCUT2D eigenvalue weighted by Gasteiger charge is 2.25. The van der Waals surface area contributed by atoms with Crippen LogP contribution in [0.4, 0.5) is 0 Å². The van der Waals surface area contributed by atoms with Crippen molar-refractivity contribution >= 4 is 6.21 Å². The number of hydrogen-bond acceptors (Lipinski definition) is 3. The normalized spacial score (nSPS) is 28.3. The van der Waals surface area contributed by atoms with Gasteiger partial charge < -0.3 is 15.9 Å². The Morgan fingerprint density at radius 3 is 2.89 bits per heavy atom. The molecular weight excluding hydrogens is 224 g/mol. The van der Waals surface area contributed by atoms with E-state index in [1.807, 2.05) is 6.08 Å². The van der Waals surface area contributed by atoms with Crippen LogP contribution in [0.2, 0.25) is 0 Å². The van der Waals surface area contributed by atoms with Crippen molar-refractivity contribution < 1.29 is 4.74 Å². The Balaban J connectivity index is 2.80. The second-order valence-electron chi connectivity index (χ2n) is 5.36. The molecule has 0 aromatic heterocycles. The molecule has 1 saturated heterocycles. The van der Waals surface area contributed by atoms with E-state index in [0.29, 0.717) is 11.8 Å². The van der Waals surface area contributed by atoms with Gasteiger partial charge in [-0.25, -0.2) is 0 Å². The van der Waals surface area contributed by atoms with Crippen LogP contribution in [0.25, 0.3) is 0 Å². The minimum atomic E-state index is 0.115. The molecule has 18 heavy (non-hydrogen) atoms. The van der Waals surface area contributed by atoms with E-state index in [1.165, 1.54) is 11.8 Å². The van der Waals surface area contributed by atoms with E-state index in [-0.39, 0.29) is 6.04 Å². The number of rotatable bonds is 5. The third kappa shape index (κ3) is 4.54. The highest BCUT2D eigenvalue weighted by molar-refractivity contribution is 5.69. The maximum absolute atomic E-state index is 7.36. The van der Waals surface area contributed by atoms with Gasteiger partial charge in [-0.15, -0.1) is 0 Å². The maximum Gasteiger partial charge on any atom is 0.0468 e. The first kappa shape index (κ1) is 15.4. The first-order valence-electron chi connectivity index (χ1n) is 7.24. The van der Waals surface area contributed by atoms with E-state index >= 15 is 0 Å². The number of nitrogens with two attached hydrogens (primary N) is 1. The van der Waals surface area contributed by atoms with Crippen LogP contribution in [0, 0.1) is 17.2 Å². The molecule has 1 fully saturated rings. The van der Waals surface area contributed by atoms with E-state index in [1.54, 1.807) is 0 Å². The van der Waals surface area contributed by atoms with Crippen molar-refractivity contribution in [2.75, 3.05) is 13.2 Å². The monoisotopic (exact) mass is 252 g/mol. The van der Waals surface area contributed by atoms with Gasteiger partial charge in [0.15, 0.2) is 0 Å². The summed E-state index contributed by atoms with van der Waals surface area (Å²) in [6.07, 6.45) is 8.78. The van der Waals surface area contributed by atoms with Crippen molar-refractivity contribution in [2.45, 2.75) is 52.0 Å². The van der Waals surface area contributed by atoms with E-state index in [4.69, 9.17) is 15.9 Å². The second-order valence-corrected chi connectivity index (χ2v) is 5.36. The van der Waals surface area contributed by atoms with Gasteiger partial charge in [-0.3, -0.25) is 0 Å². The predicted octanol–water partition coefficient (Wildman–Crippen LogP) is 3.14. The molecule has 0 bridgehead atoms. The van der Waals surface area contributed by atoms with Crippen LogP contribution in [0.3, 0.4) is 0 Å². The zero-order valence-corrected chi connectivity index (χ0v) is 11.8. The summed E-state index contributed by atoms with van der Waals surface area (Å²) >= 11 is 0. The smallest absolute Gasteiger partial charge is 0.0468 e. The molecule has 1 heterocycles. The summed E-state index contributed by atoms with van der Waals surface area (Å²) in [6, 6.07) is 0.115. The summed E-state index contributed by atoms with van der Waals surface area (Å²) in [5.41, 5.74) is 7.57. The SMILES string of the molecule is CCCC(N)C(=CC=N)C1CCCOCCC1C. The predicted molar refractivity (Wildman–Crippen MR) is 77.1 cm³/mol. The molecule has 104 valence electrons. The lowest BCUT2D eigenvalue weighted by atomic mass is 9.78. The van der Waals surface area contributed by atoms with Gasteiger partial charge in [-0.05, 0) is 49.2 Å². The van der Waals surface area contributed by atoms with Gasteiger partial charge in [0.1, 0.15) is 0 Å². The zero-order valence-electron chi connectivity index (χ0n) is 11.8. The molecule has 0 radical (unpaired) electrons. The fourth-order valence-electron chi connectivity index (χ4n) is 2.85. The third-order valence-corrected chi connectivity index (χ3v) is 3.94. The highest BCUT2D eigenvalue weighted by Crippen LogP contribution is 2.31. The lowest BCUT2D eigenvalue weighted by molar-refractivity contribution is 0.0896. The van der Waals surface area contributed by atoms with Crippen LogP contribution in [-0.4, -0.2) is 25.5 Å². The summed E-state index contributed by atoms with van der Waals surface area (Å²) < 4.78 is 5.55. The molecule has 0 saturated carbocycles. The van der Waals surface area contributed by atoms with Crippen molar-refractivity contribution in [1.82, 2.24) is 0 Å². The standard InChI is InChI=1S/C15H28N2O/c1-3-5-15(17)14(7-9-16)13-6-4-10-18-11-8-12(13)2/h7,9,12-13,15-16H,3-6,8,10-11,17H2,1-2H3. The number of allylic oxidation sites excluding steroid dienone is 1. The molecular formula is C15H28N2O. The van der Waals surface area contributed by atoms with Crippen LogP contribution in [0.5, 0.6) is 0 Å². The van der Waals surface area contributed by atoms with Gasteiger partial charge in [0, 0.05) is 25.5 Å². The van der Waals surface area contributed by atoms with Gasteiger partial charge >= 0.3 is 0 Å². The van der Waals surface area contributed by atoms with Crippen LogP contribution >= 0.6 is 0 Å². The van der Waals surface area contributed by atoms with Gasteiger partial charge in [0.05, 0.1) is 0 Å². The van der Waals surface area contributed by atoms with E-state index in [9.17, 15) is 0 Å². The fourth-order valence-corrected chi connectivity index (χ4v) is 2.85. The fraction of sp³-hybridized carbons (Fsp3) is 0.800. The van der Waals surface area contributed by atoms with Crippen LogP contribution in [0.1, 0.15) is 46.0 Å². The molecule has 0 spiro atoms. The Labute approximate surface area is 111 Å². The number of ether oxygens (including phenoxy) is 1. The first-order chi connectivity index (χ1) is 8.70. The molecule has 1 aliphatic heterocycles.